The first-order chi connectivity index (χ1) is 12.1. The maximum Gasteiger partial charge on any atom is 0.335 e. The molecule has 1 N–H and O–H groups in total. The summed E-state index contributed by atoms with van der Waals surface area (Å²) in [6.45, 7) is 2.02. The molecule has 0 radical (unpaired) electrons. The lowest BCUT2D eigenvalue weighted by Gasteiger charge is -2.18. The van der Waals surface area contributed by atoms with Crippen LogP contribution in [0.15, 0.2) is 54.9 Å². The van der Waals surface area contributed by atoms with E-state index in [0.29, 0.717) is 16.7 Å². The van der Waals surface area contributed by atoms with Crippen LogP contribution < -0.4 is 4.74 Å². The second-order valence-electron chi connectivity index (χ2n) is 5.36. The molecule has 0 bridgehead atoms. The molecule has 0 saturated carbocycles. The van der Waals surface area contributed by atoms with Gasteiger partial charge in [0.25, 0.3) is 0 Å². The van der Waals surface area contributed by atoms with Crippen molar-refractivity contribution in [2.75, 3.05) is 0 Å². The molecule has 25 heavy (non-hydrogen) atoms. The number of nitrogens with zero attached hydrogens (tertiary/aromatic N) is 3. The lowest BCUT2D eigenvalue weighted by atomic mass is 10.1. The second-order valence-corrected chi connectivity index (χ2v) is 5.79. The topological polar surface area (TPSA) is 77.2 Å². The summed E-state index contributed by atoms with van der Waals surface area (Å²) in [6.07, 6.45) is 3.57. The van der Waals surface area contributed by atoms with Gasteiger partial charge in [-0.1, -0.05) is 30.7 Å². The quantitative estimate of drug-likeness (QED) is 0.717. The Morgan fingerprint density at radius 1 is 1.24 bits per heavy atom. The Balaban J connectivity index is 1.89. The number of hydrogen-bond acceptors (Lipinski definition) is 4. The first-order valence-corrected chi connectivity index (χ1v) is 8.12. The zero-order chi connectivity index (χ0) is 17.8. The van der Waals surface area contributed by atoms with E-state index >= 15 is 0 Å². The molecule has 6 nitrogen and oxygen atoms in total. The highest BCUT2D eigenvalue weighted by molar-refractivity contribution is 6.30. The molecular weight excluding hydrogens is 342 g/mol. The summed E-state index contributed by atoms with van der Waals surface area (Å²) in [5.74, 6) is -0.159. The van der Waals surface area contributed by atoms with Gasteiger partial charge in [0.1, 0.15) is 6.10 Å². The van der Waals surface area contributed by atoms with Gasteiger partial charge >= 0.3 is 5.97 Å². The number of carboxylic acid groups (broad SMARTS) is 1. The van der Waals surface area contributed by atoms with Crippen LogP contribution in [0.1, 0.15) is 35.4 Å². The molecule has 3 rings (SSSR count). The van der Waals surface area contributed by atoms with Gasteiger partial charge in [-0.05, 0) is 36.2 Å². The third kappa shape index (κ3) is 3.80. The molecule has 0 fully saturated rings. The number of aromatic nitrogens is 3. The van der Waals surface area contributed by atoms with Crippen LogP contribution in [0.5, 0.6) is 5.88 Å². The van der Waals surface area contributed by atoms with Gasteiger partial charge in [-0.2, -0.15) is 9.78 Å². The van der Waals surface area contributed by atoms with Crippen molar-refractivity contribution in [2.45, 2.75) is 19.4 Å². The average molecular weight is 358 g/mol. The van der Waals surface area contributed by atoms with E-state index < -0.39 is 5.97 Å². The molecule has 1 atom stereocenters. The maximum atomic E-state index is 11.1. The zero-order valence-electron chi connectivity index (χ0n) is 13.5. The van der Waals surface area contributed by atoms with E-state index in [-0.39, 0.29) is 11.7 Å². The highest BCUT2D eigenvalue weighted by atomic mass is 35.5. The summed E-state index contributed by atoms with van der Waals surface area (Å²) < 4.78 is 7.56. The normalized spacial score (nSPS) is 11.9. The average Bonchev–Trinajstić information content (AvgIpc) is 3.09. The minimum atomic E-state index is -1.02. The Labute approximate surface area is 149 Å². The van der Waals surface area contributed by atoms with Crippen LogP contribution in [0.25, 0.3) is 5.82 Å². The monoisotopic (exact) mass is 357 g/mol. The van der Waals surface area contributed by atoms with Crippen LogP contribution >= 0.6 is 11.6 Å². The van der Waals surface area contributed by atoms with Crippen molar-refractivity contribution < 1.29 is 14.6 Å². The van der Waals surface area contributed by atoms with Gasteiger partial charge in [-0.3, -0.25) is 0 Å². The van der Waals surface area contributed by atoms with Crippen molar-refractivity contribution >= 4 is 17.6 Å². The van der Waals surface area contributed by atoms with Gasteiger partial charge < -0.3 is 9.84 Å². The Kier molecular flexibility index (Phi) is 5.00. The van der Waals surface area contributed by atoms with Crippen LogP contribution in [0, 0.1) is 0 Å². The van der Waals surface area contributed by atoms with Gasteiger partial charge in [-0.15, -0.1) is 0 Å². The summed E-state index contributed by atoms with van der Waals surface area (Å²) in [7, 11) is 0. The van der Waals surface area contributed by atoms with Crippen LogP contribution in [0.3, 0.4) is 0 Å². The Morgan fingerprint density at radius 2 is 2.00 bits per heavy atom. The number of carbonyl (C=O) groups is 1. The predicted molar refractivity (Wildman–Crippen MR) is 93.4 cm³/mol. The lowest BCUT2D eigenvalue weighted by Crippen LogP contribution is -2.11. The minimum Gasteiger partial charge on any atom is -0.478 e. The van der Waals surface area contributed by atoms with E-state index in [9.17, 15) is 4.79 Å². The molecule has 2 heterocycles. The fourth-order valence-electron chi connectivity index (χ4n) is 2.43. The van der Waals surface area contributed by atoms with Crippen molar-refractivity contribution in [3.8, 4) is 11.7 Å². The summed E-state index contributed by atoms with van der Waals surface area (Å²) in [5.41, 5.74) is 1.13. The van der Waals surface area contributed by atoms with Crippen molar-refractivity contribution in [1.29, 1.82) is 0 Å². The van der Waals surface area contributed by atoms with Gasteiger partial charge in [-0.25, -0.2) is 9.78 Å². The van der Waals surface area contributed by atoms with Crippen molar-refractivity contribution in [1.82, 2.24) is 14.8 Å². The second kappa shape index (κ2) is 7.36. The van der Waals surface area contributed by atoms with Crippen molar-refractivity contribution in [2.24, 2.45) is 0 Å². The highest BCUT2D eigenvalue weighted by Gasteiger charge is 2.16. The number of benzene rings is 1. The largest absolute Gasteiger partial charge is 0.478 e. The van der Waals surface area contributed by atoms with Gasteiger partial charge in [0, 0.05) is 17.3 Å². The molecule has 0 aliphatic heterocycles. The van der Waals surface area contributed by atoms with E-state index in [0.717, 1.165) is 12.0 Å². The lowest BCUT2D eigenvalue weighted by molar-refractivity contribution is 0.0696. The predicted octanol–water partition coefficient (Wildman–Crippen LogP) is 4.15. The number of hydrogen-bond donors (Lipinski definition) is 1. The molecular formula is C18H16ClN3O3. The van der Waals surface area contributed by atoms with E-state index in [2.05, 4.69) is 10.1 Å². The fraction of sp³-hybridized carbons (Fsp3) is 0.167. The Hall–Kier alpha value is -2.86. The molecule has 0 aliphatic carbocycles. The molecule has 0 aliphatic rings. The van der Waals surface area contributed by atoms with Gasteiger partial charge in [0.2, 0.25) is 5.88 Å². The first-order valence-electron chi connectivity index (χ1n) is 7.74. The summed E-state index contributed by atoms with van der Waals surface area (Å²) in [5, 5.41) is 14.0. The molecule has 128 valence electrons. The fourth-order valence-corrected chi connectivity index (χ4v) is 2.56. The molecule has 0 unspecified atom stereocenters. The minimum absolute atomic E-state index is 0.135. The molecule has 7 heteroatoms. The third-order valence-corrected chi connectivity index (χ3v) is 3.95. The van der Waals surface area contributed by atoms with E-state index in [1.54, 1.807) is 12.3 Å². The highest BCUT2D eigenvalue weighted by Crippen LogP contribution is 2.27. The van der Waals surface area contributed by atoms with Crippen LogP contribution in [0.4, 0.5) is 0 Å². The smallest absolute Gasteiger partial charge is 0.335 e. The Morgan fingerprint density at radius 3 is 2.68 bits per heavy atom. The number of halogens is 1. The SMILES string of the molecule is CC[C@@H](Oc1ccnn1-c1cc(C(=O)O)ccn1)c1ccc(Cl)cc1. The molecule has 1 aromatic carbocycles. The van der Waals surface area contributed by atoms with E-state index in [1.807, 2.05) is 31.2 Å². The Bertz CT molecular complexity index is 877. The number of carboxylic acids is 1. The molecule has 0 saturated heterocycles. The van der Waals surface area contributed by atoms with Crippen molar-refractivity contribution in [3.05, 3.63) is 71.0 Å². The summed E-state index contributed by atoms with van der Waals surface area (Å²) in [6, 6.07) is 12.1. The van der Waals surface area contributed by atoms with Gasteiger partial charge in [0.15, 0.2) is 5.82 Å². The number of pyridine rings is 1. The summed E-state index contributed by atoms with van der Waals surface area (Å²) >= 11 is 5.94. The number of rotatable bonds is 6. The van der Waals surface area contributed by atoms with Crippen molar-refractivity contribution in [3.63, 3.8) is 0 Å². The first kappa shape index (κ1) is 17.0. The van der Waals surface area contributed by atoms with Crippen LogP contribution in [0.2, 0.25) is 5.02 Å². The number of aromatic carboxylic acids is 1. The molecule has 0 amide bonds. The molecule has 2 aromatic heterocycles. The third-order valence-electron chi connectivity index (χ3n) is 3.69. The standard InChI is InChI=1S/C18H16ClN3O3/c1-2-15(12-3-5-14(19)6-4-12)25-17-8-10-21-22(17)16-11-13(18(23)24)7-9-20-16/h3-11,15H,2H2,1H3,(H,23,24)/t15-/m1/s1. The molecule has 0 spiro atoms. The maximum absolute atomic E-state index is 11.1. The molecule has 3 aromatic rings. The summed E-state index contributed by atoms with van der Waals surface area (Å²) in [4.78, 5) is 15.3. The van der Waals surface area contributed by atoms with Crippen LogP contribution in [-0.4, -0.2) is 25.8 Å². The van der Waals surface area contributed by atoms with Gasteiger partial charge in [0.05, 0.1) is 11.8 Å². The van der Waals surface area contributed by atoms with Crippen LogP contribution in [-0.2, 0) is 0 Å². The zero-order valence-corrected chi connectivity index (χ0v) is 14.2. The van der Waals surface area contributed by atoms with E-state index in [1.165, 1.54) is 23.0 Å². The van der Waals surface area contributed by atoms with E-state index in [4.69, 9.17) is 21.4 Å². The number of ether oxygens (including phenoxy) is 1.